The molecule has 0 atom stereocenters. The Labute approximate surface area is 177 Å². The van der Waals surface area contributed by atoms with E-state index in [-0.39, 0.29) is 24.6 Å². The molecule has 3 N–H and O–H groups in total. The Hall–Kier alpha value is -3.41. The lowest BCUT2D eigenvalue weighted by Gasteiger charge is -2.12. The number of primary amides is 1. The fourth-order valence-electron chi connectivity index (χ4n) is 2.99. The number of nitrogens with one attached hydrogen (secondary N) is 1. The number of esters is 1. The molecular formula is C24H28N2O4. The van der Waals surface area contributed by atoms with Crippen molar-refractivity contribution in [3.63, 3.8) is 0 Å². The number of hydrogen-bond donors (Lipinski definition) is 2. The van der Waals surface area contributed by atoms with Gasteiger partial charge < -0.3 is 15.8 Å². The average Bonchev–Trinajstić information content (AvgIpc) is 2.75. The molecule has 30 heavy (non-hydrogen) atoms. The second-order valence-corrected chi connectivity index (χ2v) is 6.79. The molecule has 158 valence electrons. The van der Waals surface area contributed by atoms with Gasteiger partial charge in [-0.25, -0.2) is 4.79 Å². The van der Waals surface area contributed by atoms with Crippen LogP contribution < -0.4 is 11.1 Å². The van der Waals surface area contributed by atoms with Crippen molar-refractivity contribution in [1.29, 1.82) is 0 Å². The van der Waals surface area contributed by atoms with Crippen LogP contribution in [0.5, 0.6) is 0 Å². The Morgan fingerprint density at radius 1 is 1.00 bits per heavy atom. The first-order chi connectivity index (χ1) is 14.5. The normalized spacial score (nSPS) is 11.0. The van der Waals surface area contributed by atoms with E-state index in [2.05, 4.69) is 17.4 Å². The lowest BCUT2D eigenvalue weighted by molar-refractivity contribution is -0.138. The van der Waals surface area contributed by atoms with Gasteiger partial charge in [0, 0.05) is 12.0 Å². The number of nitrogens with two attached hydrogens (primary N) is 1. The van der Waals surface area contributed by atoms with Crippen LogP contribution in [0, 0.1) is 0 Å². The van der Waals surface area contributed by atoms with E-state index in [0.717, 1.165) is 12.0 Å². The van der Waals surface area contributed by atoms with E-state index in [1.807, 2.05) is 30.3 Å². The summed E-state index contributed by atoms with van der Waals surface area (Å²) in [6.07, 6.45) is 4.20. The fraction of sp³-hybridized carbons (Fsp3) is 0.292. The zero-order valence-electron chi connectivity index (χ0n) is 17.2. The van der Waals surface area contributed by atoms with Crippen molar-refractivity contribution in [3.05, 3.63) is 83.1 Å². The van der Waals surface area contributed by atoms with Crippen molar-refractivity contribution < 1.29 is 19.1 Å². The minimum absolute atomic E-state index is 0.0733. The van der Waals surface area contributed by atoms with Crippen LogP contribution in [-0.4, -0.2) is 24.4 Å². The van der Waals surface area contributed by atoms with Crippen molar-refractivity contribution in [3.8, 4) is 0 Å². The molecule has 0 unspecified atom stereocenters. The Morgan fingerprint density at radius 3 is 2.40 bits per heavy atom. The third kappa shape index (κ3) is 7.54. The molecule has 0 fully saturated rings. The molecule has 0 aliphatic heterocycles. The summed E-state index contributed by atoms with van der Waals surface area (Å²) in [5.41, 5.74) is 7.82. The number of aryl methyl sites for hydroxylation is 2. The van der Waals surface area contributed by atoms with Gasteiger partial charge in [0.25, 0.3) is 5.91 Å². The summed E-state index contributed by atoms with van der Waals surface area (Å²) < 4.78 is 5.04. The van der Waals surface area contributed by atoms with Gasteiger partial charge in [-0.1, -0.05) is 54.6 Å². The molecule has 0 aliphatic rings. The maximum absolute atomic E-state index is 12.9. The Morgan fingerprint density at radius 2 is 1.70 bits per heavy atom. The summed E-state index contributed by atoms with van der Waals surface area (Å²) in [5.74, 6) is -1.38. The number of amides is 2. The summed E-state index contributed by atoms with van der Waals surface area (Å²) in [6, 6.07) is 17.4. The number of allylic oxidation sites excluding steroid dienone is 1. The molecule has 0 aromatic heterocycles. The summed E-state index contributed by atoms with van der Waals surface area (Å²) in [7, 11) is 0. The largest absolute Gasteiger partial charge is 0.461 e. The molecule has 2 aromatic carbocycles. The summed E-state index contributed by atoms with van der Waals surface area (Å²) >= 11 is 0. The van der Waals surface area contributed by atoms with E-state index in [0.29, 0.717) is 24.8 Å². The minimum Gasteiger partial charge on any atom is -0.461 e. The second kappa shape index (κ2) is 12.2. The van der Waals surface area contributed by atoms with Crippen molar-refractivity contribution in [2.24, 2.45) is 5.73 Å². The summed E-state index contributed by atoms with van der Waals surface area (Å²) in [6.45, 7) is 1.89. The van der Waals surface area contributed by atoms with E-state index in [4.69, 9.17) is 10.5 Å². The number of hydrogen-bond acceptors (Lipinski definition) is 4. The van der Waals surface area contributed by atoms with Crippen molar-refractivity contribution in [1.82, 2.24) is 5.32 Å². The molecule has 0 radical (unpaired) electrons. The van der Waals surface area contributed by atoms with Crippen LogP contribution in [0.1, 0.15) is 47.7 Å². The van der Waals surface area contributed by atoms with Gasteiger partial charge in [0.2, 0.25) is 5.91 Å². The highest BCUT2D eigenvalue weighted by Gasteiger charge is 2.17. The first kappa shape index (κ1) is 22.9. The highest BCUT2D eigenvalue weighted by atomic mass is 16.5. The van der Waals surface area contributed by atoms with Crippen LogP contribution in [-0.2, 0) is 27.2 Å². The van der Waals surface area contributed by atoms with Crippen LogP contribution in [0.15, 0.2) is 66.4 Å². The number of rotatable bonds is 11. The fourth-order valence-corrected chi connectivity index (χ4v) is 2.99. The first-order valence-corrected chi connectivity index (χ1v) is 10.1. The minimum atomic E-state index is -0.605. The molecule has 0 saturated carbocycles. The van der Waals surface area contributed by atoms with E-state index >= 15 is 0 Å². The maximum atomic E-state index is 12.9. The topological polar surface area (TPSA) is 98.5 Å². The number of carbonyl (C=O) groups is 3. The monoisotopic (exact) mass is 408 g/mol. The molecular weight excluding hydrogens is 380 g/mol. The van der Waals surface area contributed by atoms with Crippen molar-refractivity contribution in [2.45, 2.75) is 39.0 Å². The van der Waals surface area contributed by atoms with E-state index in [1.54, 1.807) is 25.1 Å². The number of benzene rings is 2. The van der Waals surface area contributed by atoms with Gasteiger partial charge in [-0.3, -0.25) is 9.59 Å². The highest BCUT2D eigenvalue weighted by Crippen LogP contribution is 2.14. The third-order valence-corrected chi connectivity index (χ3v) is 4.51. The molecule has 6 nitrogen and oxygen atoms in total. The maximum Gasteiger partial charge on any atom is 0.354 e. The summed E-state index contributed by atoms with van der Waals surface area (Å²) in [5, 5.41) is 2.68. The zero-order chi connectivity index (χ0) is 21.8. The van der Waals surface area contributed by atoms with Crippen LogP contribution in [0.2, 0.25) is 0 Å². The Bertz CT molecular complexity index is 891. The van der Waals surface area contributed by atoms with Gasteiger partial charge >= 0.3 is 5.97 Å². The molecule has 0 bridgehead atoms. The number of carbonyl (C=O) groups excluding carboxylic acids is 3. The molecule has 0 aliphatic carbocycles. The van der Waals surface area contributed by atoms with Crippen LogP contribution in [0.4, 0.5) is 0 Å². The molecule has 2 rings (SSSR count). The van der Waals surface area contributed by atoms with Gasteiger partial charge in [-0.2, -0.15) is 0 Å². The predicted octanol–water partition coefficient (Wildman–Crippen LogP) is 3.30. The van der Waals surface area contributed by atoms with Crippen LogP contribution >= 0.6 is 0 Å². The quantitative estimate of drug-likeness (QED) is 0.339. The average molecular weight is 408 g/mol. The predicted molar refractivity (Wildman–Crippen MR) is 116 cm³/mol. The van der Waals surface area contributed by atoms with Gasteiger partial charge in [0.05, 0.1) is 6.61 Å². The molecule has 0 heterocycles. The van der Waals surface area contributed by atoms with Gasteiger partial charge in [0.15, 0.2) is 0 Å². The van der Waals surface area contributed by atoms with E-state index in [1.165, 1.54) is 5.56 Å². The van der Waals surface area contributed by atoms with Gasteiger partial charge in [-0.15, -0.1) is 0 Å². The van der Waals surface area contributed by atoms with E-state index in [9.17, 15) is 14.4 Å². The van der Waals surface area contributed by atoms with Crippen LogP contribution in [0.3, 0.4) is 0 Å². The van der Waals surface area contributed by atoms with E-state index < -0.39 is 11.9 Å². The molecule has 6 heteroatoms. The molecule has 0 saturated heterocycles. The highest BCUT2D eigenvalue weighted by molar-refractivity contribution is 6.01. The first-order valence-electron chi connectivity index (χ1n) is 10.1. The number of ether oxygens (including phenoxy) is 1. The smallest absolute Gasteiger partial charge is 0.354 e. The Kier molecular flexibility index (Phi) is 9.31. The summed E-state index contributed by atoms with van der Waals surface area (Å²) in [4.78, 5) is 36.0. The second-order valence-electron chi connectivity index (χ2n) is 6.79. The van der Waals surface area contributed by atoms with Crippen LogP contribution in [0.25, 0.3) is 0 Å². The SMILES string of the molecule is CCOC(=O)C(=CCCCC(N)=O)NC(=O)c1ccccc1CCc1ccccc1. The van der Waals surface area contributed by atoms with Gasteiger partial charge in [0.1, 0.15) is 5.70 Å². The standard InChI is InChI=1S/C24H28N2O4/c1-2-30-24(29)21(14-8-9-15-22(25)27)26-23(28)20-13-7-6-12-19(20)17-16-18-10-4-3-5-11-18/h3-7,10-14H,2,8-9,15-17H2,1H3,(H2,25,27)(H,26,28). The van der Waals surface area contributed by atoms with Crippen molar-refractivity contribution >= 4 is 17.8 Å². The molecule has 0 spiro atoms. The lowest BCUT2D eigenvalue weighted by atomic mass is 9.99. The Balaban J connectivity index is 2.11. The zero-order valence-corrected chi connectivity index (χ0v) is 17.2. The number of unbranched alkanes of at least 4 members (excludes halogenated alkanes) is 1. The lowest BCUT2D eigenvalue weighted by Crippen LogP contribution is -2.29. The van der Waals surface area contributed by atoms with Crippen molar-refractivity contribution in [2.75, 3.05) is 6.61 Å². The molecule has 2 aromatic rings. The van der Waals surface area contributed by atoms with Gasteiger partial charge in [-0.05, 0) is 49.8 Å². The third-order valence-electron chi connectivity index (χ3n) is 4.51. The molecule has 2 amide bonds.